The first-order valence-electron chi connectivity index (χ1n) is 6.24. The molecule has 0 spiro atoms. The fourth-order valence-electron chi connectivity index (χ4n) is 1.88. The number of hydrogen-bond donors (Lipinski definition) is 1. The van der Waals surface area contributed by atoms with Gasteiger partial charge in [0.15, 0.2) is 5.82 Å². The summed E-state index contributed by atoms with van der Waals surface area (Å²) < 4.78 is 12.0. The van der Waals surface area contributed by atoms with Gasteiger partial charge in [0, 0.05) is 17.9 Å². The first-order chi connectivity index (χ1) is 9.55. The van der Waals surface area contributed by atoms with Crippen LogP contribution in [0.2, 0.25) is 5.28 Å². The highest BCUT2D eigenvalue weighted by molar-refractivity contribution is 7.85. The topological polar surface area (TPSA) is 54.9 Å². The van der Waals surface area contributed by atoms with Crippen LogP contribution in [0.3, 0.4) is 0 Å². The first-order valence-corrected chi connectivity index (χ1v) is 7.93. The van der Waals surface area contributed by atoms with Crippen LogP contribution in [0.25, 0.3) is 0 Å². The molecule has 0 amide bonds. The molecule has 0 radical (unpaired) electrons. The SMILES string of the molecule is C=C/C(C)=C\C(=C/C)Nc1nc(Cl)nc2c1S(=O)CC2. The van der Waals surface area contributed by atoms with Crippen molar-refractivity contribution >= 4 is 28.2 Å². The molecule has 0 aliphatic carbocycles. The van der Waals surface area contributed by atoms with E-state index in [1.54, 1.807) is 6.08 Å². The molecule has 1 aliphatic heterocycles. The average molecular weight is 310 g/mol. The monoisotopic (exact) mass is 309 g/mol. The summed E-state index contributed by atoms with van der Waals surface area (Å²) in [6.45, 7) is 7.58. The number of allylic oxidation sites excluding steroid dienone is 4. The summed E-state index contributed by atoms with van der Waals surface area (Å²) >= 11 is 5.92. The number of hydrogen-bond acceptors (Lipinski definition) is 4. The van der Waals surface area contributed by atoms with Crippen molar-refractivity contribution in [2.45, 2.75) is 25.2 Å². The van der Waals surface area contributed by atoms with Gasteiger partial charge in [-0.1, -0.05) is 18.7 Å². The molecule has 4 nitrogen and oxygen atoms in total. The van der Waals surface area contributed by atoms with E-state index in [0.29, 0.717) is 22.9 Å². The minimum atomic E-state index is -1.06. The maximum atomic E-state index is 12.0. The Bertz CT molecular complexity index is 638. The Hall–Kier alpha value is -1.46. The van der Waals surface area contributed by atoms with Crippen LogP contribution in [0.15, 0.2) is 41.0 Å². The van der Waals surface area contributed by atoms with Gasteiger partial charge in [-0.2, -0.15) is 4.98 Å². The van der Waals surface area contributed by atoms with Gasteiger partial charge in [0.05, 0.1) is 16.5 Å². The third kappa shape index (κ3) is 3.16. The third-order valence-corrected chi connectivity index (χ3v) is 4.57. The molecule has 6 heteroatoms. The third-order valence-electron chi connectivity index (χ3n) is 2.94. The second-order valence-corrected chi connectivity index (χ2v) is 6.22. The van der Waals surface area contributed by atoms with Crippen LogP contribution in [0, 0.1) is 0 Å². The van der Waals surface area contributed by atoms with Gasteiger partial charge in [-0.25, -0.2) is 4.98 Å². The summed E-state index contributed by atoms with van der Waals surface area (Å²) in [6.07, 6.45) is 6.28. The van der Waals surface area contributed by atoms with Gasteiger partial charge in [-0.3, -0.25) is 4.21 Å². The van der Waals surface area contributed by atoms with Crippen LogP contribution in [-0.4, -0.2) is 19.9 Å². The highest BCUT2D eigenvalue weighted by atomic mass is 35.5. The maximum Gasteiger partial charge on any atom is 0.224 e. The highest BCUT2D eigenvalue weighted by Gasteiger charge is 2.25. The summed E-state index contributed by atoms with van der Waals surface area (Å²) in [5.74, 6) is 1.10. The number of aryl methyl sites for hydroxylation is 1. The van der Waals surface area contributed by atoms with Crippen molar-refractivity contribution in [3.63, 3.8) is 0 Å². The number of nitrogens with zero attached hydrogens (tertiary/aromatic N) is 2. The lowest BCUT2D eigenvalue weighted by Crippen LogP contribution is -2.06. The lowest BCUT2D eigenvalue weighted by molar-refractivity contribution is 0.685. The standard InChI is InChI=1S/C14H16ClN3OS/c1-4-9(3)8-10(5-2)16-13-12-11(6-7-20(12)19)17-14(15)18-13/h4-5,8H,1,6-7H2,2-3H3,(H,16,17,18)/b9-8-,10-5+. The van der Waals surface area contributed by atoms with Gasteiger partial charge in [-0.15, -0.1) is 0 Å². The second-order valence-electron chi connectivity index (χ2n) is 4.38. The maximum absolute atomic E-state index is 12.0. The number of aromatic nitrogens is 2. The molecule has 0 saturated carbocycles. The van der Waals surface area contributed by atoms with E-state index in [2.05, 4.69) is 21.9 Å². The molecule has 1 aliphatic rings. The Morgan fingerprint density at radius 1 is 1.50 bits per heavy atom. The van der Waals surface area contributed by atoms with Crippen molar-refractivity contribution in [1.29, 1.82) is 0 Å². The van der Waals surface area contributed by atoms with E-state index in [4.69, 9.17) is 11.6 Å². The largest absolute Gasteiger partial charge is 0.339 e. The smallest absolute Gasteiger partial charge is 0.224 e. The van der Waals surface area contributed by atoms with Gasteiger partial charge in [0.25, 0.3) is 0 Å². The van der Waals surface area contributed by atoms with Crippen molar-refractivity contribution in [1.82, 2.24) is 9.97 Å². The molecule has 1 aromatic rings. The van der Waals surface area contributed by atoms with Crippen molar-refractivity contribution in [3.05, 3.63) is 47.1 Å². The lowest BCUT2D eigenvalue weighted by Gasteiger charge is -2.10. The molecule has 1 aromatic heterocycles. The molecule has 0 aromatic carbocycles. The predicted molar refractivity (Wildman–Crippen MR) is 83.4 cm³/mol. The summed E-state index contributed by atoms with van der Waals surface area (Å²) in [5.41, 5.74) is 2.64. The van der Waals surface area contributed by atoms with Crippen LogP contribution in [-0.2, 0) is 17.2 Å². The van der Waals surface area contributed by atoms with Crippen molar-refractivity contribution in [2.75, 3.05) is 11.1 Å². The number of anilines is 1. The van der Waals surface area contributed by atoms with Crippen LogP contribution in [0.1, 0.15) is 19.5 Å². The minimum Gasteiger partial charge on any atom is -0.339 e. The van der Waals surface area contributed by atoms with Crippen LogP contribution in [0.4, 0.5) is 5.82 Å². The zero-order chi connectivity index (χ0) is 14.7. The molecular weight excluding hydrogens is 294 g/mol. The van der Waals surface area contributed by atoms with E-state index >= 15 is 0 Å². The number of fused-ring (bicyclic) bond motifs is 1. The first kappa shape index (κ1) is 14.9. The Balaban J connectivity index is 2.39. The zero-order valence-electron chi connectivity index (χ0n) is 11.4. The zero-order valence-corrected chi connectivity index (χ0v) is 13.0. The van der Waals surface area contributed by atoms with E-state index in [9.17, 15) is 4.21 Å². The Kier molecular flexibility index (Phi) is 4.73. The molecule has 0 saturated heterocycles. The van der Waals surface area contributed by atoms with Crippen LogP contribution >= 0.6 is 11.6 Å². The van der Waals surface area contributed by atoms with E-state index < -0.39 is 10.8 Å². The summed E-state index contributed by atoms with van der Waals surface area (Å²) in [5, 5.41) is 3.35. The molecule has 1 atom stereocenters. The predicted octanol–water partition coefficient (Wildman–Crippen LogP) is 3.24. The second kappa shape index (κ2) is 6.33. The fraction of sp³-hybridized carbons (Fsp3) is 0.286. The number of nitrogens with one attached hydrogen (secondary N) is 1. The van der Waals surface area contributed by atoms with E-state index in [-0.39, 0.29) is 5.28 Å². The molecule has 106 valence electrons. The Morgan fingerprint density at radius 3 is 2.90 bits per heavy atom. The molecule has 1 N–H and O–H groups in total. The normalized spacial score (nSPS) is 18.9. The molecule has 2 heterocycles. The van der Waals surface area contributed by atoms with E-state index in [0.717, 1.165) is 17.0 Å². The summed E-state index contributed by atoms with van der Waals surface area (Å²) in [4.78, 5) is 8.98. The van der Waals surface area contributed by atoms with Gasteiger partial charge in [-0.05, 0) is 37.1 Å². The fourth-order valence-corrected chi connectivity index (χ4v) is 3.38. The molecular formula is C14H16ClN3OS. The lowest BCUT2D eigenvalue weighted by atomic mass is 10.2. The molecule has 2 rings (SSSR count). The minimum absolute atomic E-state index is 0.171. The molecule has 0 fully saturated rings. The van der Waals surface area contributed by atoms with Crippen LogP contribution < -0.4 is 5.32 Å². The van der Waals surface area contributed by atoms with Crippen molar-refractivity contribution in [3.8, 4) is 0 Å². The quantitative estimate of drug-likeness (QED) is 0.685. The molecule has 20 heavy (non-hydrogen) atoms. The number of rotatable bonds is 4. The van der Waals surface area contributed by atoms with E-state index in [1.165, 1.54) is 0 Å². The molecule has 1 unspecified atom stereocenters. The van der Waals surface area contributed by atoms with E-state index in [1.807, 2.05) is 26.0 Å². The van der Waals surface area contributed by atoms with Gasteiger partial charge in [0.2, 0.25) is 5.28 Å². The van der Waals surface area contributed by atoms with Crippen LogP contribution in [0.5, 0.6) is 0 Å². The Morgan fingerprint density at radius 2 is 2.25 bits per heavy atom. The average Bonchev–Trinajstić information content (AvgIpc) is 2.79. The molecule has 0 bridgehead atoms. The van der Waals surface area contributed by atoms with Crippen molar-refractivity contribution in [2.24, 2.45) is 0 Å². The van der Waals surface area contributed by atoms with Gasteiger partial charge in [0.1, 0.15) is 4.90 Å². The summed E-state index contributed by atoms with van der Waals surface area (Å²) in [6, 6.07) is 0. The number of halogens is 1. The van der Waals surface area contributed by atoms with Gasteiger partial charge < -0.3 is 5.32 Å². The van der Waals surface area contributed by atoms with Gasteiger partial charge >= 0.3 is 0 Å². The van der Waals surface area contributed by atoms with Crippen molar-refractivity contribution < 1.29 is 4.21 Å². The Labute approximate surface area is 126 Å². The summed E-state index contributed by atoms with van der Waals surface area (Å²) in [7, 11) is -1.06. The highest BCUT2D eigenvalue weighted by Crippen LogP contribution is 2.29.